The van der Waals surface area contributed by atoms with Crippen LogP contribution in [0, 0.1) is 0 Å². The highest BCUT2D eigenvalue weighted by molar-refractivity contribution is 6.30. The topological polar surface area (TPSA) is 73.1 Å². The Morgan fingerprint density at radius 2 is 2.00 bits per heavy atom. The number of nitrogens with zero attached hydrogens (tertiary/aromatic N) is 5. The summed E-state index contributed by atoms with van der Waals surface area (Å²) in [6, 6.07) is 8.00. The van der Waals surface area contributed by atoms with Crippen molar-refractivity contribution in [3.05, 3.63) is 71.5 Å². The minimum atomic E-state index is -0.126. The number of imidazole rings is 1. The molecule has 1 aromatic carbocycles. The van der Waals surface area contributed by atoms with Crippen LogP contribution in [0.3, 0.4) is 0 Å². The van der Waals surface area contributed by atoms with Gasteiger partial charge in [0.1, 0.15) is 6.10 Å². The molecular weight excluding hydrogens is 378 g/mol. The van der Waals surface area contributed by atoms with E-state index >= 15 is 0 Å². The molecule has 0 spiro atoms. The molecule has 1 saturated heterocycles. The summed E-state index contributed by atoms with van der Waals surface area (Å²) in [6.07, 6.45) is 10.1. The molecule has 2 aromatic heterocycles. The van der Waals surface area contributed by atoms with Gasteiger partial charge in [-0.05, 0) is 30.5 Å². The quantitative estimate of drug-likeness (QED) is 0.661. The van der Waals surface area contributed by atoms with E-state index in [1.165, 1.54) is 12.4 Å². The normalized spacial score (nSPS) is 16.8. The number of carbonyl (C=O) groups is 1. The van der Waals surface area contributed by atoms with Crippen LogP contribution in [0.2, 0.25) is 5.02 Å². The molecule has 0 radical (unpaired) electrons. The van der Waals surface area contributed by atoms with E-state index in [0.717, 1.165) is 31.5 Å². The molecule has 3 aromatic rings. The van der Waals surface area contributed by atoms with E-state index in [0.29, 0.717) is 17.1 Å². The van der Waals surface area contributed by atoms with Crippen LogP contribution < -0.4 is 4.74 Å². The summed E-state index contributed by atoms with van der Waals surface area (Å²) >= 11 is 5.80. The summed E-state index contributed by atoms with van der Waals surface area (Å²) in [4.78, 5) is 26.9. The second-order valence-electron chi connectivity index (χ2n) is 6.75. The second kappa shape index (κ2) is 8.39. The number of piperidine rings is 1. The average Bonchev–Trinajstić information content (AvgIpc) is 3.23. The van der Waals surface area contributed by atoms with Gasteiger partial charge in [-0.25, -0.2) is 15.0 Å². The minimum Gasteiger partial charge on any atom is -0.458 e. The number of likely N-dealkylation sites (tertiary alicyclic amines) is 1. The zero-order chi connectivity index (χ0) is 19.3. The first kappa shape index (κ1) is 18.4. The Labute approximate surface area is 168 Å². The van der Waals surface area contributed by atoms with Crippen LogP contribution in [-0.2, 0) is 6.54 Å². The molecule has 0 bridgehead atoms. The fraction of sp³-hybridized carbons (Fsp3) is 0.300. The molecule has 1 unspecified atom stereocenters. The highest BCUT2D eigenvalue weighted by Crippen LogP contribution is 2.18. The fourth-order valence-electron chi connectivity index (χ4n) is 3.26. The van der Waals surface area contributed by atoms with Crippen molar-refractivity contribution in [2.24, 2.45) is 0 Å². The monoisotopic (exact) mass is 397 g/mol. The minimum absolute atomic E-state index is 0.0134. The number of ether oxygens (including phenoxy) is 1. The summed E-state index contributed by atoms with van der Waals surface area (Å²) in [5, 5.41) is 0.462. The Hall–Kier alpha value is -2.93. The molecular formula is C20H20ClN5O2. The third-order valence-corrected chi connectivity index (χ3v) is 4.85. The van der Waals surface area contributed by atoms with Crippen LogP contribution in [0.4, 0.5) is 0 Å². The first-order valence-corrected chi connectivity index (χ1v) is 9.53. The van der Waals surface area contributed by atoms with Crippen molar-refractivity contribution in [3.8, 4) is 6.01 Å². The fourth-order valence-corrected chi connectivity index (χ4v) is 3.35. The van der Waals surface area contributed by atoms with Gasteiger partial charge < -0.3 is 14.2 Å². The lowest BCUT2D eigenvalue weighted by molar-refractivity contribution is 0.0516. The summed E-state index contributed by atoms with van der Waals surface area (Å²) < 4.78 is 7.81. The molecule has 0 aliphatic carbocycles. The Bertz CT molecular complexity index is 913. The zero-order valence-corrected chi connectivity index (χ0v) is 16.0. The Morgan fingerprint density at radius 3 is 2.71 bits per heavy atom. The zero-order valence-electron chi connectivity index (χ0n) is 15.2. The maximum Gasteiger partial charge on any atom is 0.316 e. The Kier molecular flexibility index (Phi) is 5.53. The number of amides is 1. The van der Waals surface area contributed by atoms with E-state index in [9.17, 15) is 4.79 Å². The third-order valence-electron chi connectivity index (χ3n) is 4.66. The smallest absolute Gasteiger partial charge is 0.316 e. The summed E-state index contributed by atoms with van der Waals surface area (Å²) in [6.45, 7) is 1.97. The van der Waals surface area contributed by atoms with Crippen LogP contribution in [0.1, 0.15) is 28.8 Å². The van der Waals surface area contributed by atoms with Crippen molar-refractivity contribution in [2.75, 3.05) is 13.1 Å². The van der Waals surface area contributed by atoms with Crippen LogP contribution in [-0.4, -0.2) is 49.5 Å². The second-order valence-corrected chi connectivity index (χ2v) is 7.19. The highest BCUT2D eigenvalue weighted by Gasteiger charge is 2.26. The Morgan fingerprint density at radius 1 is 1.21 bits per heavy atom. The number of aromatic nitrogens is 4. The van der Waals surface area contributed by atoms with Crippen LogP contribution >= 0.6 is 11.6 Å². The van der Waals surface area contributed by atoms with Gasteiger partial charge in [0.2, 0.25) is 0 Å². The molecule has 1 amide bonds. The van der Waals surface area contributed by atoms with Gasteiger partial charge in [-0.1, -0.05) is 23.7 Å². The SMILES string of the molecule is O=C(c1ccc(Cn2ccnc2)cc1)N1CCCC(Oc2ncc(Cl)cn2)C1. The van der Waals surface area contributed by atoms with E-state index < -0.39 is 0 Å². The Balaban J connectivity index is 1.37. The highest BCUT2D eigenvalue weighted by atomic mass is 35.5. The first-order valence-electron chi connectivity index (χ1n) is 9.15. The van der Waals surface area contributed by atoms with Crippen molar-refractivity contribution in [1.82, 2.24) is 24.4 Å². The summed E-state index contributed by atoms with van der Waals surface area (Å²) in [5.74, 6) is 0.0134. The lowest BCUT2D eigenvalue weighted by Gasteiger charge is -2.32. The van der Waals surface area contributed by atoms with Crippen molar-refractivity contribution in [3.63, 3.8) is 0 Å². The maximum atomic E-state index is 12.9. The van der Waals surface area contributed by atoms with Gasteiger partial charge >= 0.3 is 6.01 Å². The number of hydrogen-bond acceptors (Lipinski definition) is 5. The molecule has 1 aliphatic heterocycles. The van der Waals surface area contributed by atoms with Crippen molar-refractivity contribution < 1.29 is 9.53 Å². The molecule has 7 nitrogen and oxygen atoms in total. The number of halogens is 1. The van der Waals surface area contributed by atoms with Crippen molar-refractivity contribution in [2.45, 2.75) is 25.5 Å². The molecule has 1 fully saturated rings. The molecule has 8 heteroatoms. The molecule has 28 heavy (non-hydrogen) atoms. The lowest BCUT2D eigenvalue weighted by Crippen LogP contribution is -2.44. The van der Waals surface area contributed by atoms with E-state index in [-0.39, 0.29) is 18.0 Å². The van der Waals surface area contributed by atoms with E-state index in [1.54, 1.807) is 12.5 Å². The van der Waals surface area contributed by atoms with Gasteiger partial charge in [-0.2, -0.15) is 0 Å². The molecule has 3 heterocycles. The maximum absolute atomic E-state index is 12.9. The van der Waals surface area contributed by atoms with Gasteiger partial charge in [0, 0.05) is 31.0 Å². The number of rotatable bonds is 5. The van der Waals surface area contributed by atoms with Gasteiger partial charge in [0.25, 0.3) is 5.91 Å². The molecule has 0 N–H and O–H groups in total. The van der Waals surface area contributed by atoms with Crippen LogP contribution in [0.15, 0.2) is 55.4 Å². The van der Waals surface area contributed by atoms with Gasteiger partial charge in [0.05, 0.1) is 30.3 Å². The summed E-state index contributed by atoms with van der Waals surface area (Å²) in [5.41, 5.74) is 1.80. The van der Waals surface area contributed by atoms with Gasteiger partial charge in [-0.3, -0.25) is 4.79 Å². The van der Waals surface area contributed by atoms with Gasteiger partial charge in [-0.15, -0.1) is 0 Å². The van der Waals surface area contributed by atoms with E-state index in [2.05, 4.69) is 15.0 Å². The molecule has 4 rings (SSSR count). The van der Waals surface area contributed by atoms with Crippen molar-refractivity contribution in [1.29, 1.82) is 0 Å². The third kappa shape index (κ3) is 4.48. The predicted molar refractivity (Wildman–Crippen MR) is 104 cm³/mol. The molecule has 1 aliphatic rings. The number of carbonyl (C=O) groups excluding carboxylic acids is 1. The average molecular weight is 398 g/mol. The largest absolute Gasteiger partial charge is 0.458 e. The lowest BCUT2D eigenvalue weighted by atomic mass is 10.1. The molecule has 144 valence electrons. The van der Waals surface area contributed by atoms with Crippen LogP contribution in [0.5, 0.6) is 6.01 Å². The van der Waals surface area contributed by atoms with Crippen molar-refractivity contribution >= 4 is 17.5 Å². The number of benzene rings is 1. The molecule has 0 saturated carbocycles. The van der Waals surface area contributed by atoms with E-state index in [4.69, 9.17) is 16.3 Å². The summed E-state index contributed by atoms with van der Waals surface area (Å²) in [7, 11) is 0. The standard InChI is InChI=1S/C20H20ClN5O2/c21-17-10-23-20(24-11-17)28-18-2-1-8-26(13-18)19(27)16-5-3-15(4-6-16)12-25-9-7-22-14-25/h3-7,9-11,14,18H,1-2,8,12-13H2. The first-order chi connectivity index (χ1) is 13.7. The van der Waals surface area contributed by atoms with E-state index in [1.807, 2.05) is 39.9 Å². The predicted octanol–water partition coefficient (Wildman–Crippen LogP) is 3.06. The van der Waals surface area contributed by atoms with Crippen LogP contribution in [0.25, 0.3) is 0 Å². The number of hydrogen-bond donors (Lipinski definition) is 0. The molecule has 1 atom stereocenters. The van der Waals surface area contributed by atoms with Gasteiger partial charge in [0.15, 0.2) is 0 Å².